The number of nitrogens with one attached hydrogen (secondary N) is 2. The molecule has 2 aliphatic heterocycles. The van der Waals surface area contributed by atoms with Gasteiger partial charge in [-0.05, 0) is 42.3 Å². The van der Waals surface area contributed by atoms with Crippen LogP contribution in [0.15, 0.2) is 48.7 Å². The number of ether oxygens (including phenoxy) is 1. The summed E-state index contributed by atoms with van der Waals surface area (Å²) in [5.41, 5.74) is 5.08. The molecule has 0 radical (unpaired) electrons. The first kappa shape index (κ1) is 27.6. The fourth-order valence-corrected chi connectivity index (χ4v) is 5.28. The molecule has 1 atom stereocenters. The third-order valence-electron chi connectivity index (χ3n) is 7.54. The molecule has 1 unspecified atom stereocenters. The van der Waals surface area contributed by atoms with Crippen LogP contribution in [0, 0.1) is 6.92 Å². The Bertz CT molecular complexity index is 1370. The van der Waals surface area contributed by atoms with Gasteiger partial charge in [0.1, 0.15) is 5.82 Å². The molecule has 3 heterocycles. The number of hydrogen-bond acceptors (Lipinski definition) is 7. The molecule has 212 valence electrons. The van der Waals surface area contributed by atoms with Gasteiger partial charge in [-0.1, -0.05) is 18.2 Å². The molecule has 11 nitrogen and oxygen atoms in total. The summed E-state index contributed by atoms with van der Waals surface area (Å²) < 4.78 is 6.77. The van der Waals surface area contributed by atoms with Crippen LogP contribution in [0.5, 0.6) is 0 Å². The largest absolute Gasteiger partial charge is 0.389 e. The Kier molecular flexibility index (Phi) is 8.34. The quantitative estimate of drug-likeness (QED) is 0.416. The number of aromatic nitrogens is 2. The molecule has 3 N–H and O–H groups in total. The summed E-state index contributed by atoms with van der Waals surface area (Å²) in [7, 11) is 3.45. The van der Waals surface area contributed by atoms with E-state index >= 15 is 0 Å². The van der Waals surface area contributed by atoms with Crippen LogP contribution in [0.3, 0.4) is 0 Å². The van der Waals surface area contributed by atoms with E-state index in [1.165, 1.54) is 0 Å². The number of aliphatic hydroxyl groups is 1. The summed E-state index contributed by atoms with van der Waals surface area (Å²) in [6, 6.07) is 13.3. The number of β-amino-alcohol motifs (C(OH)–C–C–N with tert-alkyl or cyclic N) is 1. The predicted octanol–water partition coefficient (Wildman–Crippen LogP) is 2.47. The van der Waals surface area contributed by atoms with Crippen molar-refractivity contribution in [3.63, 3.8) is 0 Å². The van der Waals surface area contributed by atoms with Crippen molar-refractivity contribution in [1.82, 2.24) is 24.9 Å². The third kappa shape index (κ3) is 5.96. The second-order valence-electron chi connectivity index (χ2n) is 10.4. The summed E-state index contributed by atoms with van der Waals surface area (Å²) in [6.45, 7) is 6.20. The van der Waals surface area contributed by atoms with Gasteiger partial charge in [-0.15, -0.1) is 0 Å². The summed E-state index contributed by atoms with van der Waals surface area (Å²) in [4.78, 5) is 32.3. The molecule has 3 aromatic rings. The lowest BCUT2D eigenvalue weighted by atomic mass is 10.0. The second-order valence-corrected chi connectivity index (χ2v) is 10.4. The fraction of sp³-hybridized carbons (Fsp3) is 0.414. The zero-order valence-corrected chi connectivity index (χ0v) is 23.3. The molecule has 0 bridgehead atoms. The van der Waals surface area contributed by atoms with Gasteiger partial charge in [0.25, 0.3) is 5.91 Å². The number of benzene rings is 2. The van der Waals surface area contributed by atoms with Crippen molar-refractivity contribution >= 4 is 29.1 Å². The number of fused-ring (bicyclic) bond motifs is 2. The van der Waals surface area contributed by atoms with Crippen LogP contribution in [0.2, 0.25) is 0 Å². The molecule has 1 aromatic heterocycles. The average Bonchev–Trinajstić information content (AvgIpc) is 3.19. The van der Waals surface area contributed by atoms with E-state index in [4.69, 9.17) is 4.74 Å². The van der Waals surface area contributed by atoms with Crippen LogP contribution in [0.1, 0.15) is 27.0 Å². The SMILES string of the molecule is COCC(O)CN1CCN(C(=O)NCc2ccc(C(=O)N3Cc4cnn(C)c4Nc4ccccc43)cc2C)CC1. The first-order valence-electron chi connectivity index (χ1n) is 13.5. The number of nitrogens with zero attached hydrogens (tertiary/aromatic N) is 5. The van der Waals surface area contributed by atoms with Crippen molar-refractivity contribution in [3.8, 4) is 0 Å². The van der Waals surface area contributed by atoms with Crippen LogP contribution in [0.4, 0.5) is 22.0 Å². The number of anilines is 3. The Balaban J connectivity index is 1.21. The number of methoxy groups -OCH3 is 1. The number of carbonyl (C=O) groups is 2. The molecular weight excluding hydrogens is 510 g/mol. The summed E-state index contributed by atoms with van der Waals surface area (Å²) in [5.74, 6) is 0.772. The molecular formula is C29H37N7O4. The highest BCUT2D eigenvalue weighted by molar-refractivity contribution is 6.08. The van der Waals surface area contributed by atoms with Crippen molar-refractivity contribution in [2.75, 3.05) is 56.7 Å². The molecule has 3 amide bonds. The van der Waals surface area contributed by atoms with Gasteiger partial charge in [-0.25, -0.2) is 4.79 Å². The third-order valence-corrected chi connectivity index (χ3v) is 7.54. The Labute approximate surface area is 234 Å². The second kappa shape index (κ2) is 12.1. The van der Waals surface area contributed by atoms with Crippen LogP contribution in [-0.4, -0.2) is 89.2 Å². The lowest BCUT2D eigenvalue weighted by Crippen LogP contribution is -2.53. The first-order valence-corrected chi connectivity index (χ1v) is 13.5. The van der Waals surface area contributed by atoms with E-state index in [9.17, 15) is 14.7 Å². The minimum absolute atomic E-state index is 0.0990. The Morgan fingerprint density at radius 3 is 2.67 bits per heavy atom. The lowest BCUT2D eigenvalue weighted by Gasteiger charge is -2.35. The maximum absolute atomic E-state index is 13.8. The monoisotopic (exact) mass is 547 g/mol. The lowest BCUT2D eigenvalue weighted by molar-refractivity contribution is 0.0275. The van der Waals surface area contributed by atoms with E-state index in [0.29, 0.717) is 58.0 Å². The number of aryl methyl sites for hydroxylation is 2. The van der Waals surface area contributed by atoms with Crippen LogP contribution >= 0.6 is 0 Å². The van der Waals surface area contributed by atoms with Gasteiger partial charge in [-0.2, -0.15) is 5.10 Å². The Morgan fingerprint density at radius 1 is 1.15 bits per heavy atom. The van der Waals surface area contributed by atoms with Crippen molar-refractivity contribution in [2.45, 2.75) is 26.1 Å². The average molecular weight is 548 g/mol. The summed E-state index contributed by atoms with van der Waals surface area (Å²) in [5, 5.41) is 20.7. The molecule has 11 heteroatoms. The molecule has 5 rings (SSSR count). The number of rotatable bonds is 7. The van der Waals surface area contributed by atoms with Gasteiger partial charge in [0.05, 0.1) is 36.8 Å². The van der Waals surface area contributed by atoms with E-state index in [0.717, 1.165) is 33.9 Å². The predicted molar refractivity (Wildman–Crippen MR) is 153 cm³/mol. The maximum Gasteiger partial charge on any atom is 0.317 e. The molecule has 0 aliphatic carbocycles. The number of amides is 3. The topological polar surface area (TPSA) is 115 Å². The highest BCUT2D eigenvalue weighted by Crippen LogP contribution is 2.36. The smallest absolute Gasteiger partial charge is 0.317 e. The van der Waals surface area contributed by atoms with Crippen LogP contribution < -0.4 is 15.5 Å². The normalized spacial score (nSPS) is 16.0. The number of aliphatic hydroxyl groups excluding tert-OH is 1. The minimum atomic E-state index is -0.526. The van der Waals surface area contributed by atoms with Gasteiger partial charge >= 0.3 is 6.03 Å². The molecule has 1 saturated heterocycles. The van der Waals surface area contributed by atoms with Gasteiger partial charge in [0.2, 0.25) is 0 Å². The van der Waals surface area contributed by atoms with Crippen LogP contribution in [-0.2, 0) is 24.9 Å². The van der Waals surface area contributed by atoms with E-state index in [2.05, 4.69) is 20.6 Å². The number of para-hydroxylation sites is 2. The van der Waals surface area contributed by atoms with Crippen molar-refractivity contribution < 1.29 is 19.4 Å². The molecule has 40 heavy (non-hydrogen) atoms. The van der Waals surface area contributed by atoms with E-state index < -0.39 is 6.10 Å². The fourth-order valence-electron chi connectivity index (χ4n) is 5.28. The molecule has 0 saturated carbocycles. The van der Waals surface area contributed by atoms with E-state index in [1.54, 1.807) is 27.8 Å². The summed E-state index contributed by atoms with van der Waals surface area (Å²) >= 11 is 0. The van der Waals surface area contributed by atoms with E-state index in [1.807, 2.05) is 56.4 Å². The number of urea groups is 1. The van der Waals surface area contributed by atoms with Gasteiger partial charge in [0, 0.05) is 64.6 Å². The minimum Gasteiger partial charge on any atom is -0.389 e. The Hall–Kier alpha value is -3.93. The zero-order valence-electron chi connectivity index (χ0n) is 23.3. The van der Waals surface area contributed by atoms with E-state index in [-0.39, 0.29) is 11.9 Å². The first-order chi connectivity index (χ1) is 19.3. The number of hydrogen-bond donors (Lipinski definition) is 3. The number of piperazine rings is 1. The standard InChI is InChI=1S/C29H37N7O4/c1-20-14-21(28(38)36-17-23-16-31-33(2)27(23)32-25-6-4-5-7-26(25)36)8-9-22(20)15-30-29(39)35-12-10-34(11-13-35)18-24(37)19-40-3/h4-9,14,16,24,32,37H,10-13,15,17-19H2,1-3H3,(H,30,39). The molecule has 2 aromatic carbocycles. The number of carbonyl (C=O) groups excluding carboxylic acids is 2. The summed E-state index contributed by atoms with van der Waals surface area (Å²) in [6.07, 6.45) is 1.26. The highest BCUT2D eigenvalue weighted by Gasteiger charge is 2.27. The zero-order chi connectivity index (χ0) is 28.2. The van der Waals surface area contributed by atoms with Gasteiger partial charge in [-0.3, -0.25) is 14.4 Å². The van der Waals surface area contributed by atoms with Gasteiger partial charge in [0.15, 0.2) is 0 Å². The van der Waals surface area contributed by atoms with Crippen LogP contribution in [0.25, 0.3) is 0 Å². The van der Waals surface area contributed by atoms with Crippen molar-refractivity contribution in [2.24, 2.45) is 7.05 Å². The Morgan fingerprint density at radius 2 is 1.93 bits per heavy atom. The van der Waals surface area contributed by atoms with Gasteiger partial charge < -0.3 is 30.3 Å². The molecule has 2 aliphatic rings. The highest BCUT2D eigenvalue weighted by atomic mass is 16.5. The molecule has 0 spiro atoms. The van der Waals surface area contributed by atoms with Crippen molar-refractivity contribution in [1.29, 1.82) is 0 Å². The van der Waals surface area contributed by atoms with Crippen molar-refractivity contribution in [3.05, 3.63) is 70.9 Å². The maximum atomic E-state index is 13.8. The molecule has 1 fully saturated rings.